The number of rotatable bonds is 2. The van der Waals surface area contributed by atoms with Crippen molar-refractivity contribution in [3.05, 3.63) is 29.6 Å². The van der Waals surface area contributed by atoms with Crippen molar-refractivity contribution in [2.75, 3.05) is 6.61 Å². The van der Waals surface area contributed by atoms with Crippen LogP contribution in [-0.4, -0.2) is 28.6 Å². The molecule has 2 unspecified atom stereocenters. The minimum atomic E-state index is -0.226. The molecule has 1 aliphatic rings. The van der Waals surface area contributed by atoms with Crippen LogP contribution in [0.1, 0.15) is 48.7 Å². The Morgan fingerprint density at radius 2 is 2.40 bits per heavy atom. The Morgan fingerprint density at radius 3 is 3.15 bits per heavy atom. The number of aliphatic hydroxyl groups is 1. The molecular weight excluding hydrogens is 252 g/mol. The van der Waals surface area contributed by atoms with Crippen molar-refractivity contribution in [3.63, 3.8) is 0 Å². The average molecular weight is 272 g/mol. The molecule has 4 nitrogen and oxygen atoms in total. The highest BCUT2D eigenvalue weighted by molar-refractivity contribution is 5.94. The zero-order valence-corrected chi connectivity index (χ0v) is 11.7. The first-order valence-electron chi connectivity index (χ1n) is 7.06. The molecule has 2 atom stereocenters. The molecule has 0 spiro atoms. The van der Waals surface area contributed by atoms with Gasteiger partial charge in [-0.05, 0) is 30.9 Å². The number of aliphatic hydroxyl groups excluding tert-OH is 1. The van der Waals surface area contributed by atoms with E-state index in [4.69, 9.17) is 5.11 Å². The molecule has 0 aliphatic heterocycles. The molecule has 0 radical (unpaired) electrons. The smallest absolute Gasteiger partial charge is 0.271 e. The van der Waals surface area contributed by atoms with Crippen molar-refractivity contribution >= 4 is 5.91 Å². The number of hydrogen-bond acceptors (Lipinski definition) is 3. The third-order valence-electron chi connectivity index (χ3n) is 3.60. The lowest BCUT2D eigenvalue weighted by atomic mass is 9.87. The summed E-state index contributed by atoms with van der Waals surface area (Å²) in [6, 6.07) is 3.71. The lowest BCUT2D eigenvalue weighted by Gasteiger charge is -2.27. The van der Waals surface area contributed by atoms with Crippen LogP contribution >= 0.6 is 0 Å². The van der Waals surface area contributed by atoms with Crippen LogP contribution in [0.25, 0.3) is 0 Å². The molecule has 106 valence electrons. The first-order valence-corrected chi connectivity index (χ1v) is 7.06. The molecule has 1 saturated carbocycles. The third kappa shape index (κ3) is 3.82. The van der Waals surface area contributed by atoms with Gasteiger partial charge in [0.25, 0.3) is 5.91 Å². The minimum absolute atomic E-state index is 0.174. The van der Waals surface area contributed by atoms with Gasteiger partial charge in [-0.15, -0.1) is 0 Å². The van der Waals surface area contributed by atoms with Gasteiger partial charge in [0.2, 0.25) is 0 Å². The molecule has 0 aromatic carbocycles. The fourth-order valence-electron chi connectivity index (χ4n) is 2.64. The van der Waals surface area contributed by atoms with Crippen molar-refractivity contribution in [1.29, 1.82) is 0 Å². The number of carbonyl (C=O) groups excluding carboxylic acids is 1. The van der Waals surface area contributed by atoms with Gasteiger partial charge in [0.05, 0.1) is 5.56 Å². The molecular formula is C16H20N2O2. The summed E-state index contributed by atoms with van der Waals surface area (Å²) in [4.78, 5) is 16.4. The number of amides is 1. The van der Waals surface area contributed by atoms with E-state index in [1.54, 1.807) is 18.3 Å². The van der Waals surface area contributed by atoms with E-state index < -0.39 is 0 Å². The van der Waals surface area contributed by atoms with Gasteiger partial charge in [-0.3, -0.25) is 4.79 Å². The lowest BCUT2D eigenvalue weighted by Crippen LogP contribution is -2.38. The fourth-order valence-corrected chi connectivity index (χ4v) is 2.64. The second-order valence-corrected chi connectivity index (χ2v) is 5.30. The topological polar surface area (TPSA) is 62.2 Å². The Kier molecular flexibility index (Phi) is 5.14. The highest BCUT2D eigenvalue weighted by Gasteiger charge is 2.22. The number of aromatic nitrogens is 1. The minimum Gasteiger partial charge on any atom is -0.384 e. The molecule has 1 aromatic heterocycles. The predicted octanol–water partition coefficient (Wildman–Crippen LogP) is 1.73. The molecule has 0 bridgehead atoms. The molecule has 1 fully saturated rings. The molecule has 4 heteroatoms. The Bertz CT molecular complexity index is 531. The van der Waals surface area contributed by atoms with Crippen molar-refractivity contribution in [2.24, 2.45) is 5.92 Å². The van der Waals surface area contributed by atoms with Crippen LogP contribution in [0.4, 0.5) is 0 Å². The van der Waals surface area contributed by atoms with Gasteiger partial charge in [-0.1, -0.05) is 31.6 Å². The van der Waals surface area contributed by atoms with E-state index in [9.17, 15) is 4.79 Å². The number of hydrogen-bond donors (Lipinski definition) is 2. The number of carbonyl (C=O) groups is 1. The summed E-state index contributed by atoms with van der Waals surface area (Å²) in [6.07, 6.45) is 6.04. The fraction of sp³-hybridized carbons (Fsp3) is 0.500. The van der Waals surface area contributed by atoms with E-state index in [1.165, 1.54) is 6.42 Å². The normalized spacial score (nSPS) is 21.7. The maximum atomic E-state index is 12.3. The van der Waals surface area contributed by atoms with E-state index in [2.05, 4.69) is 29.1 Å². The van der Waals surface area contributed by atoms with Crippen LogP contribution in [0.2, 0.25) is 0 Å². The van der Waals surface area contributed by atoms with E-state index in [-0.39, 0.29) is 18.6 Å². The predicted molar refractivity (Wildman–Crippen MR) is 77.1 cm³/mol. The quantitative estimate of drug-likeness (QED) is 0.806. The van der Waals surface area contributed by atoms with Crippen LogP contribution in [0, 0.1) is 17.8 Å². The monoisotopic (exact) mass is 272 g/mol. The van der Waals surface area contributed by atoms with E-state index in [0.29, 0.717) is 17.2 Å². The van der Waals surface area contributed by atoms with Crippen LogP contribution < -0.4 is 5.32 Å². The molecule has 0 saturated heterocycles. The summed E-state index contributed by atoms with van der Waals surface area (Å²) in [5.41, 5.74) is 0.898. The van der Waals surface area contributed by atoms with Gasteiger partial charge in [0.1, 0.15) is 12.3 Å². The van der Waals surface area contributed by atoms with Gasteiger partial charge in [0.15, 0.2) is 0 Å². The Morgan fingerprint density at radius 1 is 1.55 bits per heavy atom. The molecule has 2 rings (SSSR count). The molecule has 2 N–H and O–H groups in total. The summed E-state index contributed by atoms with van der Waals surface area (Å²) in [6.45, 7) is 1.99. The number of nitrogens with one attached hydrogen (secondary N) is 1. The molecule has 1 aliphatic carbocycles. The van der Waals surface area contributed by atoms with Crippen LogP contribution in [-0.2, 0) is 0 Å². The van der Waals surface area contributed by atoms with Gasteiger partial charge in [0, 0.05) is 12.2 Å². The highest BCUT2D eigenvalue weighted by Crippen LogP contribution is 2.23. The van der Waals surface area contributed by atoms with Gasteiger partial charge in [-0.25, -0.2) is 4.98 Å². The second-order valence-electron chi connectivity index (χ2n) is 5.30. The van der Waals surface area contributed by atoms with Crippen molar-refractivity contribution in [1.82, 2.24) is 10.3 Å². The van der Waals surface area contributed by atoms with Gasteiger partial charge in [-0.2, -0.15) is 0 Å². The molecule has 20 heavy (non-hydrogen) atoms. The van der Waals surface area contributed by atoms with Crippen molar-refractivity contribution in [2.45, 2.75) is 38.6 Å². The largest absolute Gasteiger partial charge is 0.384 e. The SMILES string of the molecule is CC1CCCC(NC(=O)c2ncccc2C#CCO)C1. The maximum absolute atomic E-state index is 12.3. The summed E-state index contributed by atoms with van der Waals surface area (Å²) < 4.78 is 0. The molecule has 1 aromatic rings. The van der Waals surface area contributed by atoms with Crippen LogP contribution in [0.3, 0.4) is 0 Å². The highest BCUT2D eigenvalue weighted by atomic mass is 16.2. The van der Waals surface area contributed by atoms with Crippen molar-refractivity contribution < 1.29 is 9.90 Å². The summed E-state index contributed by atoms with van der Waals surface area (Å²) >= 11 is 0. The Hall–Kier alpha value is -1.86. The molecule has 1 heterocycles. The summed E-state index contributed by atoms with van der Waals surface area (Å²) in [5, 5.41) is 11.8. The Labute approximate surface area is 119 Å². The standard InChI is InChI=1S/C16H20N2O2/c1-12-5-2-8-14(11-12)18-16(20)15-13(7-4-10-19)6-3-9-17-15/h3,6,9,12,14,19H,2,5,8,10-11H2,1H3,(H,18,20). The van der Waals surface area contributed by atoms with E-state index >= 15 is 0 Å². The summed E-state index contributed by atoms with van der Waals surface area (Å²) in [7, 11) is 0. The first kappa shape index (κ1) is 14.5. The maximum Gasteiger partial charge on any atom is 0.271 e. The van der Waals surface area contributed by atoms with E-state index in [1.807, 2.05) is 0 Å². The summed E-state index contributed by atoms with van der Waals surface area (Å²) in [5.74, 6) is 5.81. The lowest BCUT2D eigenvalue weighted by molar-refractivity contribution is 0.0916. The zero-order chi connectivity index (χ0) is 14.4. The van der Waals surface area contributed by atoms with E-state index in [0.717, 1.165) is 19.3 Å². The average Bonchev–Trinajstić information content (AvgIpc) is 2.45. The number of pyridine rings is 1. The third-order valence-corrected chi connectivity index (χ3v) is 3.60. The van der Waals surface area contributed by atoms with Gasteiger partial charge < -0.3 is 10.4 Å². The van der Waals surface area contributed by atoms with Crippen molar-refractivity contribution in [3.8, 4) is 11.8 Å². The Balaban J connectivity index is 2.09. The van der Waals surface area contributed by atoms with Crippen LogP contribution in [0.15, 0.2) is 18.3 Å². The van der Waals surface area contributed by atoms with Gasteiger partial charge >= 0.3 is 0 Å². The number of nitrogens with zero attached hydrogens (tertiary/aromatic N) is 1. The second kappa shape index (κ2) is 7.06. The zero-order valence-electron chi connectivity index (χ0n) is 11.7. The first-order chi connectivity index (χ1) is 9.70. The molecule has 1 amide bonds. The van der Waals surface area contributed by atoms with Crippen LogP contribution in [0.5, 0.6) is 0 Å².